The standard InChI is InChI=1S/C15H14N4O2S/c1-9-4-3-5-19-13(9)18-14(11(7-20)15(19)21)22-12-6-10(2)16-8-17-12/h3-5,7-8,10H,6H2,1-2H3. The van der Waals surface area contributed by atoms with Gasteiger partial charge in [0.1, 0.15) is 22.6 Å². The van der Waals surface area contributed by atoms with Gasteiger partial charge < -0.3 is 0 Å². The molecule has 7 heteroatoms. The summed E-state index contributed by atoms with van der Waals surface area (Å²) in [6.45, 7) is 3.86. The van der Waals surface area contributed by atoms with E-state index in [-0.39, 0.29) is 17.2 Å². The fourth-order valence-electron chi connectivity index (χ4n) is 2.22. The van der Waals surface area contributed by atoms with Crippen molar-refractivity contribution in [2.24, 2.45) is 9.98 Å². The van der Waals surface area contributed by atoms with E-state index >= 15 is 0 Å². The van der Waals surface area contributed by atoms with Crippen LogP contribution in [0.15, 0.2) is 38.1 Å². The SMILES string of the molecule is Cc1cccn2c(=O)c(C=O)c(SC3=NC=NC(C)C3)nc12. The molecule has 6 nitrogen and oxygen atoms in total. The van der Waals surface area contributed by atoms with Gasteiger partial charge in [-0.05, 0) is 25.5 Å². The molecular formula is C15H14N4O2S. The van der Waals surface area contributed by atoms with Crippen LogP contribution in [0.1, 0.15) is 29.3 Å². The van der Waals surface area contributed by atoms with Crippen molar-refractivity contribution in [3.05, 3.63) is 39.8 Å². The third-order valence-corrected chi connectivity index (χ3v) is 4.39. The quantitative estimate of drug-likeness (QED) is 0.628. The summed E-state index contributed by atoms with van der Waals surface area (Å²) in [6, 6.07) is 3.78. The molecule has 3 rings (SSSR count). The Bertz CT molecular complexity index is 870. The van der Waals surface area contributed by atoms with E-state index in [9.17, 15) is 9.59 Å². The van der Waals surface area contributed by atoms with E-state index in [2.05, 4.69) is 15.0 Å². The van der Waals surface area contributed by atoms with Crippen LogP contribution in [0.25, 0.3) is 5.65 Å². The molecule has 0 aromatic carbocycles. The Balaban J connectivity index is 2.14. The normalized spacial score (nSPS) is 17.5. The fraction of sp³-hybridized carbons (Fsp3) is 0.267. The number of aryl methyl sites for hydroxylation is 1. The second-order valence-electron chi connectivity index (χ2n) is 5.08. The Kier molecular flexibility index (Phi) is 3.89. The van der Waals surface area contributed by atoms with Gasteiger partial charge in [0.05, 0.1) is 11.1 Å². The number of nitrogens with zero attached hydrogens (tertiary/aromatic N) is 4. The predicted molar refractivity (Wildman–Crippen MR) is 87.4 cm³/mol. The van der Waals surface area contributed by atoms with Crippen LogP contribution < -0.4 is 5.56 Å². The van der Waals surface area contributed by atoms with Gasteiger partial charge >= 0.3 is 0 Å². The second kappa shape index (κ2) is 5.84. The summed E-state index contributed by atoms with van der Waals surface area (Å²) >= 11 is 1.26. The molecule has 2 aromatic heterocycles. The molecule has 0 aliphatic carbocycles. The van der Waals surface area contributed by atoms with Crippen molar-refractivity contribution in [1.82, 2.24) is 9.38 Å². The molecule has 0 spiro atoms. The zero-order valence-electron chi connectivity index (χ0n) is 12.2. The highest BCUT2D eigenvalue weighted by Crippen LogP contribution is 2.24. The number of thioether (sulfide) groups is 1. The summed E-state index contributed by atoms with van der Waals surface area (Å²) in [6.07, 6.45) is 4.36. The van der Waals surface area contributed by atoms with Gasteiger partial charge in [-0.15, -0.1) is 0 Å². The van der Waals surface area contributed by atoms with Crippen LogP contribution in [0.4, 0.5) is 0 Å². The first kappa shape index (κ1) is 14.6. The predicted octanol–water partition coefficient (Wildman–Crippen LogP) is 2.13. The number of hydrogen-bond donors (Lipinski definition) is 0. The topological polar surface area (TPSA) is 76.2 Å². The smallest absolute Gasteiger partial charge is 0.269 e. The van der Waals surface area contributed by atoms with Crippen molar-refractivity contribution < 1.29 is 4.79 Å². The Morgan fingerprint density at radius 1 is 1.45 bits per heavy atom. The van der Waals surface area contributed by atoms with Crippen molar-refractivity contribution in [1.29, 1.82) is 0 Å². The van der Waals surface area contributed by atoms with Gasteiger partial charge in [0.2, 0.25) is 0 Å². The third-order valence-electron chi connectivity index (χ3n) is 3.37. The summed E-state index contributed by atoms with van der Waals surface area (Å²) in [5.74, 6) is 0. The summed E-state index contributed by atoms with van der Waals surface area (Å²) in [5.41, 5.74) is 1.13. The lowest BCUT2D eigenvalue weighted by Gasteiger charge is -2.13. The number of pyridine rings is 1. The van der Waals surface area contributed by atoms with Crippen LogP contribution in [0.3, 0.4) is 0 Å². The van der Waals surface area contributed by atoms with E-state index < -0.39 is 0 Å². The molecular weight excluding hydrogens is 300 g/mol. The first-order chi connectivity index (χ1) is 10.6. The van der Waals surface area contributed by atoms with Crippen LogP contribution >= 0.6 is 11.8 Å². The molecule has 0 amide bonds. The van der Waals surface area contributed by atoms with Crippen molar-refractivity contribution >= 4 is 35.1 Å². The molecule has 2 aromatic rings. The van der Waals surface area contributed by atoms with Gasteiger partial charge in [-0.3, -0.25) is 19.0 Å². The first-order valence-electron chi connectivity index (χ1n) is 6.83. The number of aliphatic imine (C=N–C) groups is 2. The number of rotatable bonds is 2. The molecule has 0 fully saturated rings. The molecule has 1 atom stereocenters. The fourth-order valence-corrected chi connectivity index (χ4v) is 3.25. The second-order valence-corrected chi connectivity index (χ2v) is 6.14. The minimum absolute atomic E-state index is 0.0611. The lowest BCUT2D eigenvalue weighted by Crippen LogP contribution is -2.22. The third kappa shape index (κ3) is 2.59. The van der Waals surface area contributed by atoms with Gasteiger partial charge in [-0.25, -0.2) is 9.98 Å². The highest BCUT2D eigenvalue weighted by molar-refractivity contribution is 8.14. The number of carbonyl (C=O) groups is 1. The van der Waals surface area contributed by atoms with E-state index in [0.717, 1.165) is 10.6 Å². The number of fused-ring (bicyclic) bond motifs is 1. The largest absolute Gasteiger partial charge is 0.298 e. The lowest BCUT2D eigenvalue weighted by atomic mass is 10.2. The molecule has 0 saturated carbocycles. The molecule has 0 saturated heterocycles. The molecule has 1 unspecified atom stereocenters. The number of aromatic nitrogens is 2. The maximum atomic E-state index is 12.5. The number of hydrogen-bond acceptors (Lipinski definition) is 6. The van der Waals surface area contributed by atoms with Crippen molar-refractivity contribution in [3.8, 4) is 0 Å². The highest BCUT2D eigenvalue weighted by Gasteiger charge is 2.18. The van der Waals surface area contributed by atoms with Crippen molar-refractivity contribution in [2.45, 2.75) is 31.3 Å². The summed E-state index contributed by atoms with van der Waals surface area (Å²) in [7, 11) is 0. The molecule has 3 heterocycles. The maximum Gasteiger partial charge on any atom is 0.269 e. The Morgan fingerprint density at radius 3 is 3.00 bits per heavy atom. The molecule has 1 aliphatic rings. The van der Waals surface area contributed by atoms with E-state index in [1.54, 1.807) is 12.3 Å². The van der Waals surface area contributed by atoms with Crippen LogP contribution in [-0.4, -0.2) is 33.1 Å². The van der Waals surface area contributed by atoms with Gasteiger partial charge in [0, 0.05) is 12.6 Å². The zero-order chi connectivity index (χ0) is 15.7. The van der Waals surface area contributed by atoms with Gasteiger partial charge in [-0.2, -0.15) is 0 Å². The van der Waals surface area contributed by atoms with E-state index in [0.29, 0.717) is 23.4 Å². The molecule has 112 valence electrons. The summed E-state index contributed by atoms with van der Waals surface area (Å²) in [4.78, 5) is 36.7. The summed E-state index contributed by atoms with van der Waals surface area (Å²) < 4.78 is 1.40. The van der Waals surface area contributed by atoms with Crippen LogP contribution in [0.5, 0.6) is 0 Å². The average Bonchev–Trinajstić information content (AvgIpc) is 2.49. The Morgan fingerprint density at radius 2 is 2.27 bits per heavy atom. The minimum Gasteiger partial charge on any atom is -0.298 e. The molecule has 0 N–H and O–H groups in total. The Labute approximate surface area is 131 Å². The van der Waals surface area contributed by atoms with E-state index in [1.807, 2.05) is 19.9 Å². The number of carbonyl (C=O) groups excluding carboxylic acids is 1. The van der Waals surface area contributed by atoms with Gasteiger partial charge in [0.25, 0.3) is 5.56 Å². The van der Waals surface area contributed by atoms with Crippen molar-refractivity contribution in [2.75, 3.05) is 0 Å². The van der Waals surface area contributed by atoms with Crippen molar-refractivity contribution in [3.63, 3.8) is 0 Å². The van der Waals surface area contributed by atoms with E-state index in [1.165, 1.54) is 22.5 Å². The molecule has 0 radical (unpaired) electrons. The van der Waals surface area contributed by atoms with Gasteiger partial charge in [0.15, 0.2) is 6.29 Å². The molecule has 1 aliphatic heterocycles. The number of aldehydes is 1. The van der Waals surface area contributed by atoms with Crippen LogP contribution in [0, 0.1) is 6.92 Å². The average molecular weight is 314 g/mol. The van der Waals surface area contributed by atoms with Gasteiger partial charge in [-0.1, -0.05) is 17.8 Å². The highest BCUT2D eigenvalue weighted by atomic mass is 32.2. The Hall–Kier alpha value is -2.28. The van der Waals surface area contributed by atoms with Crippen LogP contribution in [0.2, 0.25) is 0 Å². The molecule has 0 bridgehead atoms. The minimum atomic E-state index is -0.357. The zero-order valence-corrected chi connectivity index (χ0v) is 13.0. The maximum absolute atomic E-state index is 12.5. The van der Waals surface area contributed by atoms with E-state index in [4.69, 9.17) is 0 Å². The first-order valence-corrected chi connectivity index (χ1v) is 7.65. The van der Waals surface area contributed by atoms with Crippen LogP contribution in [-0.2, 0) is 0 Å². The monoisotopic (exact) mass is 314 g/mol. The molecule has 22 heavy (non-hydrogen) atoms. The lowest BCUT2D eigenvalue weighted by molar-refractivity contribution is 0.111. The summed E-state index contributed by atoms with van der Waals surface area (Å²) in [5, 5.41) is 1.20.